The Balaban J connectivity index is 4.26. The third-order valence-corrected chi connectivity index (χ3v) is 9.77. The van der Waals surface area contributed by atoms with Crippen molar-refractivity contribution in [1.82, 2.24) is 0 Å². The Kier molecular flexibility index (Phi) is 44.5. The smallest absolute Gasteiger partial charge is 0.306 e. The summed E-state index contributed by atoms with van der Waals surface area (Å²) in [6.07, 6.45) is 59.2. The highest BCUT2D eigenvalue weighted by atomic mass is 16.6. The molecule has 0 bridgehead atoms. The highest BCUT2D eigenvalue weighted by Crippen LogP contribution is 2.14. The van der Waals surface area contributed by atoms with E-state index in [-0.39, 0.29) is 25.2 Å². The molecule has 0 aromatic rings. The molecule has 0 fully saturated rings. The summed E-state index contributed by atoms with van der Waals surface area (Å²) in [6.45, 7) is 7.60. The summed E-state index contributed by atoms with van der Waals surface area (Å²) in [7, 11) is 0. The molecular weight excluding hydrogens is 693 g/mol. The molecule has 5 nitrogen and oxygen atoms in total. The number of unbranched alkanes of at least 4 members (excludes halogenated alkanes) is 19. The van der Waals surface area contributed by atoms with Gasteiger partial charge in [0.05, 0.1) is 6.61 Å². The van der Waals surface area contributed by atoms with Crippen molar-refractivity contribution in [3.63, 3.8) is 0 Å². The minimum atomic E-state index is -0.562. The van der Waals surface area contributed by atoms with Crippen LogP contribution in [0.5, 0.6) is 0 Å². The van der Waals surface area contributed by atoms with Gasteiger partial charge in [-0.1, -0.05) is 216 Å². The molecule has 0 aromatic heterocycles. The van der Waals surface area contributed by atoms with Crippen molar-refractivity contribution >= 4 is 11.9 Å². The SMILES string of the molecule is CC/C=C\C/C=C\C/C=C\C/C=C\C/C=C\C/C=C\CCC(=O)OCC(COCCCCCCCCCCCCCCCC)OC(=O)CCCCCCCCC. The monoisotopic (exact) mass is 781 g/mol. The van der Waals surface area contributed by atoms with Gasteiger partial charge < -0.3 is 14.2 Å². The highest BCUT2D eigenvalue weighted by molar-refractivity contribution is 5.70. The molecule has 0 N–H and O–H groups in total. The largest absolute Gasteiger partial charge is 0.462 e. The number of allylic oxidation sites excluding steroid dienone is 12. The van der Waals surface area contributed by atoms with E-state index >= 15 is 0 Å². The predicted molar refractivity (Wildman–Crippen MR) is 242 cm³/mol. The molecule has 5 heteroatoms. The molecule has 0 aliphatic carbocycles. The third kappa shape index (κ3) is 44.1. The van der Waals surface area contributed by atoms with Gasteiger partial charge in [0.15, 0.2) is 6.10 Å². The first kappa shape index (κ1) is 53.3. The van der Waals surface area contributed by atoms with Crippen LogP contribution in [0.2, 0.25) is 0 Å². The van der Waals surface area contributed by atoms with Gasteiger partial charge in [0.25, 0.3) is 0 Å². The summed E-state index contributed by atoms with van der Waals surface area (Å²) in [6, 6.07) is 0. The number of carbonyl (C=O) groups is 2. The number of hydrogen-bond donors (Lipinski definition) is 0. The molecule has 0 heterocycles. The highest BCUT2D eigenvalue weighted by Gasteiger charge is 2.17. The molecule has 0 radical (unpaired) electrons. The number of rotatable bonds is 42. The summed E-state index contributed by atoms with van der Waals surface area (Å²) in [5.74, 6) is -0.498. The Morgan fingerprint density at radius 3 is 1.25 bits per heavy atom. The molecule has 0 aromatic carbocycles. The van der Waals surface area contributed by atoms with Crippen molar-refractivity contribution in [1.29, 1.82) is 0 Å². The van der Waals surface area contributed by atoms with Gasteiger partial charge in [-0.15, -0.1) is 0 Å². The molecule has 1 atom stereocenters. The fourth-order valence-corrected chi connectivity index (χ4v) is 6.30. The van der Waals surface area contributed by atoms with Crippen LogP contribution in [0.25, 0.3) is 0 Å². The number of hydrogen-bond acceptors (Lipinski definition) is 5. The first-order chi connectivity index (χ1) is 27.6. The average Bonchev–Trinajstić information content (AvgIpc) is 3.20. The molecule has 1 unspecified atom stereocenters. The molecule has 0 aliphatic heterocycles. The van der Waals surface area contributed by atoms with Gasteiger partial charge in [0.2, 0.25) is 0 Å². The first-order valence-corrected chi connectivity index (χ1v) is 23.5. The average molecular weight is 781 g/mol. The first-order valence-electron chi connectivity index (χ1n) is 23.5. The van der Waals surface area contributed by atoms with Gasteiger partial charge in [-0.25, -0.2) is 0 Å². The van der Waals surface area contributed by atoms with Crippen LogP contribution in [-0.4, -0.2) is 37.9 Å². The summed E-state index contributed by atoms with van der Waals surface area (Å²) in [4.78, 5) is 25.1. The summed E-state index contributed by atoms with van der Waals surface area (Å²) >= 11 is 0. The maximum atomic E-state index is 12.6. The Morgan fingerprint density at radius 1 is 0.411 bits per heavy atom. The molecule has 0 amide bonds. The molecule has 0 aliphatic rings. The Morgan fingerprint density at radius 2 is 0.804 bits per heavy atom. The fraction of sp³-hybridized carbons (Fsp3) is 0.725. The third-order valence-electron chi connectivity index (χ3n) is 9.77. The van der Waals surface area contributed by atoms with E-state index in [9.17, 15) is 9.59 Å². The lowest BCUT2D eigenvalue weighted by atomic mass is 10.0. The van der Waals surface area contributed by atoms with Crippen molar-refractivity contribution in [2.24, 2.45) is 0 Å². The van der Waals surface area contributed by atoms with Gasteiger partial charge in [0, 0.05) is 19.4 Å². The van der Waals surface area contributed by atoms with Crippen molar-refractivity contribution in [2.75, 3.05) is 19.8 Å². The normalized spacial score (nSPS) is 12.8. The van der Waals surface area contributed by atoms with Crippen molar-refractivity contribution in [3.8, 4) is 0 Å². The molecule has 0 saturated carbocycles. The quantitative estimate of drug-likeness (QED) is 0.0351. The van der Waals surface area contributed by atoms with Crippen LogP contribution in [0.4, 0.5) is 0 Å². The molecule has 0 spiro atoms. The van der Waals surface area contributed by atoms with Gasteiger partial charge in [-0.2, -0.15) is 0 Å². The Bertz CT molecular complexity index is 1020. The van der Waals surface area contributed by atoms with Crippen LogP contribution in [0.15, 0.2) is 72.9 Å². The van der Waals surface area contributed by atoms with E-state index in [1.54, 1.807) is 0 Å². The number of ether oxygens (including phenoxy) is 3. The lowest BCUT2D eigenvalue weighted by Gasteiger charge is -2.18. The lowest BCUT2D eigenvalue weighted by Crippen LogP contribution is -2.30. The van der Waals surface area contributed by atoms with Crippen molar-refractivity contribution < 1.29 is 23.8 Å². The second-order valence-electron chi connectivity index (χ2n) is 15.3. The number of esters is 2. The fourth-order valence-electron chi connectivity index (χ4n) is 6.30. The van der Waals surface area contributed by atoms with Crippen LogP contribution in [0.3, 0.4) is 0 Å². The van der Waals surface area contributed by atoms with E-state index in [0.717, 1.165) is 70.6 Å². The van der Waals surface area contributed by atoms with E-state index in [4.69, 9.17) is 14.2 Å². The maximum Gasteiger partial charge on any atom is 0.306 e. The van der Waals surface area contributed by atoms with Crippen LogP contribution >= 0.6 is 0 Å². The summed E-state index contributed by atoms with van der Waals surface area (Å²) in [5.41, 5.74) is 0. The van der Waals surface area contributed by atoms with Gasteiger partial charge in [-0.05, 0) is 57.8 Å². The predicted octanol–water partition coefficient (Wildman–Crippen LogP) is 15.6. The van der Waals surface area contributed by atoms with E-state index in [1.165, 1.54) is 103 Å². The van der Waals surface area contributed by atoms with Crippen molar-refractivity contribution in [3.05, 3.63) is 72.9 Å². The van der Waals surface area contributed by atoms with E-state index in [2.05, 4.69) is 87.6 Å². The van der Waals surface area contributed by atoms with Gasteiger partial charge in [-0.3, -0.25) is 9.59 Å². The molecule has 56 heavy (non-hydrogen) atoms. The van der Waals surface area contributed by atoms with Gasteiger partial charge in [0.1, 0.15) is 6.61 Å². The van der Waals surface area contributed by atoms with Crippen LogP contribution in [0.1, 0.15) is 213 Å². The summed E-state index contributed by atoms with van der Waals surface area (Å²) < 4.78 is 17.2. The Hall–Kier alpha value is -2.66. The van der Waals surface area contributed by atoms with E-state index in [1.807, 2.05) is 6.08 Å². The Labute approximate surface area is 347 Å². The second kappa shape index (κ2) is 46.7. The van der Waals surface area contributed by atoms with E-state index in [0.29, 0.717) is 25.9 Å². The lowest BCUT2D eigenvalue weighted by molar-refractivity contribution is -0.162. The molecular formula is C51H88O5. The molecule has 322 valence electrons. The second-order valence-corrected chi connectivity index (χ2v) is 15.3. The zero-order valence-electron chi connectivity index (χ0n) is 36.9. The van der Waals surface area contributed by atoms with Crippen LogP contribution in [-0.2, 0) is 23.8 Å². The zero-order valence-corrected chi connectivity index (χ0v) is 36.9. The maximum absolute atomic E-state index is 12.6. The molecule has 0 saturated heterocycles. The zero-order chi connectivity index (χ0) is 40.7. The summed E-state index contributed by atoms with van der Waals surface area (Å²) in [5, 5.41) is 0. The van der Waals surface area contributed by atoms with Gasteiger partial charge >= 0.3 is 11.9 Å². The minimum absolute atomic E-state index is 0.0457. The van der Waals surface area contributed by atoms with E-state index < -0.39 is 6.10 Å². The molecule has 0 rings (SSSR count). The number of carbonyl (C=O) groups excluding carboxylic acids is 2. The standard InChI is InChI=1S/C51H88O5/c1-4-7-10-13-16-18-20-22-24-25-26-27-28-29-31-33-36-38-41-44-50(52)55-48-49(56-51(53)45-42-39-35-15-12-9-6-3)47-54-46-43-40-37-34-32-30-23-21-19-17-14-11-8-5-2/h7,10,16,18,22,24,26-27,29,31,36,38,49H,4-6,8-9,11-15,17,19-21,23,25,28,30,32-35,37,39-48H2,1-3H3/b10-7-,18-16-,24-22-,27-26-,31-29-,38-36-. The van der Waals surface area contributed by atoms with Crippen molar-refractivity contribution in [2.45, 2.75) is 219 Å². The topological polar surface area (TPSA) is 61.8 Å². The van der Waals surface area contributed by atoms with Crippen LogP contribution in [0, 0.1) is 0 Å². The minimum Gasteiger partial charge on any atom is -0.462 e. The van der Waals surface area contributed by atoms with Crippen LogP contribution < -0.4 is 0 Å².